The number of carbonyl (C=O) groups excluding carboxylic acids is 3. The van der Waals surface area contributed by atoms with Crippen molar-refractivity contribution in [2.24, 2.45) is 0 Å². The molecule has 0 atom stereocenters. The number of rotatable bonds is 10. The van der Waals surface area contributed by atoms with Gasteiger partial charge in [-0.25, -0.2) is 4.79 Å². The third-order valence-electron chi connectivity index (χ3n) is 5.90. The summed E-state index contributed by atoms with van der Waals surface area (Å²) in [5.74, 6) is -0.00469. The Morgan fingerprint density at radius 1 is 0.875 bits per heavy atom. The number of hydrogen-bond acceptors (Lipinski definition) is 8. The van der Waals surface area contributed by atoms with Crippen molar-refractivity contribution in [2.45, 2.75) is 11.8 Å². The summed E-state index contributed by atoms with van der Waals surface area (Å²) in [6.07, 6.45) is 0. The van der Waals surface area contributed by atoms with Gasteiger partial charge in [0.05, 0.1) is 27.1 Å². The van der Waals surface area contributed by atoms with E-state index in [1.165, 1.54) is 44.4 Å². The topological polar surface area (TPSA) is 103 Å². The second-order valence-electron chi connectivity index (χ2n) is 8.60. The molecule has 4 aromatic rings. The average molecular weight is 577 g/mol. The van der Waals surface area contributed by atoms with Gasteiger partial charge in [0.15, 0.2) is 11.5 Å². The molecule has 1 heterocycles. The van der Waals surface area contributed by atoms with E-state index in [-0.39, 0.29) is 17.6 Å². The number of carbonyl (C=O) groups is 3. The SMILES string of the molecule is COC(=O)c1c(-c2ccc(C)cc2)csc1NC(=O)CSc1cccc(NC(=O)c2ccc(OC)c(OC)c2)c1. The Balaban J connectivity index is 1.41. The lowest BCUT2D eigenvalue weighted by Gasteiger charge is -2.11. The van der Waals surface area contributed by atoms with E-state index in [4.69, 9.17) is 14.2 Å². The summed E-state index contributed by atoms with van der Waals surface area (Å²) in [6.45, 7) is 1.99. The summed E-state index contributed by atoms with van der Waals surface area (Å²) < 4.78 is 15.5. The number of thioether (sulfide) groups is 1. The molecule has 0 aliphatic heterocycles. The van der Waals surface area contributed by atoms with E-state index >= 15 is 0 Å². The number of nitrogens with one attached hydrogen (secondary N) is 2. The first kappa shape index (κ1) is 28.7. The number of benzene rings is 3. The van der Waals surface area contributed by atoms with E-state index in [2.05, 4.69) is 10.6 Å². The van der Waals surface area contributed by atoms with Gasteiger partial charge in [0.25, 0.3) is 5.91 Å². The van der Waals surface area contributed by atoms with Crippen LogP contribution >= 0.6 is 23.1 Å². The number of methoxy groups -OCH3 is 3. The van der Waals surface area contributed by atoms with Crippen molar-refractivity contribution in [2.75, 3.05) is 37.7 Å². The highest BCUT2D eigenvalue weighted by atomic mass is 32.2. The Bertz CT molecular complexity index is 1530. The average Bonchev–Trinajstić information content (AvgIpc) is 3.39. The van der Waals surface area contributed by atoms with Crippen LogP contribution in [0.25, 0.3) is 11.1 Å². The first-order chi connectivity index (χ1) is 19.3. The molecule has 2 amide bonds. The van der Waals surface area contributed by atoms with Crippen LogP contribution in [0.3, 0.4) is 0 Å². The fourth-order valence-corrected chi connectivity index (χ4v) is 5.58. The minimum Gasteiger partial charge on any atom is -0.493 e. The molecule has 4 rings (SSSR count). The van der Waals surface area contributed by atoms with Crippen molar-refractivity contribution in [1.29, 1.82) is 0 Å². The van der Waals surface area contributed by atoms with Crippen molar-refractivity contribution in [3.8, 4) is 22.6 Å². The smallest absolute Gasteiger partial charge is 0.341 e. The number of hydrogen-bond donors (Lipinski definition) is 2. The van der Waals surface area contributed by atoms with Gasteiger partial charge in [-0.2, -0.15) is 0 Å². The Morgan fingerprint density at radius 2 is 1.62 bits per heavy atom. The van der Waals surface area contributed by atoms with Gasteiger partial charge < -0.3 is 24.8 Å². The minimum atomic E-state index is -0.516. The van der Waals surface area contributed by atoms with Crippen molar-refractivity contribution in [1.82, 2.24) is 0 Å². The van der Waals surface area contributed by atoms with Gasteiger partial charge in [-0.15, -0.1) is 23.1 Å². The molecule has 40 heavy (non-hydrogen) atoms. The summed E-state index contributed by atoms with van der Waals surface area (Å²) in [4.78, 5) is 39.0. The largest absolute Gasteiger partial charge is 0.493 e. The highest BCUT2D eigenvalue weighted by Crippen LogP contribution is 2.36. The summed E-state index contributed by atoms with van der Waals surface area (Å²) in [7, 11) is 4.35. The molecule has 8 nitrogen and oxygen atoms in total. The number of amides is 2. The standard InChI is InChI=1S/C30H28N2O6S2/c1-18-8-10-19(11-9-18)23-16-40-29(27(23)30(35)38-4)32-26(33)17-39-22-7-5-6-21(15-22)31-28(34)20-12-13-24(36-2)25(14-20)37-3/h5-16H,17H2,1-4H3,(H,31,34)(H,32,33). The zero-order chi connectivity index (χ0) is 28.6. The molecule has 0 bridgehead atoms. The third kappa shape index (κ3) is 6.83. The predicted molar refractivity (Wildman–Crippen MR) is 159 cm³/mol. The van der Waals surface area contributed by atoms with Crippen LogP contribution in [0.2, 0.25) is 0 Å². The maximum Gasteiger partial charge on any atom is 0.341 e. The maximum absolute atomic E-state index is 12.8. The molecule has 0 spiro atoms. The molecule has 2 N–H and O–H groups in total. The fraction of sp³-hybridized carbons (Fsp3) is 0.167. The molecule has 0 aliphatic carbocycles. The monoisotopic (exact) mass is 576 g/mol. The van der Waals surface area contributed by atoms with E-state index in [1.54, 1.807) is 36.4 Å². The van der Waals surface area contributed by atoms with Crippen molar-refractivity contribution < 1.29 is 28.6 Å². The van der Waals surface area contributed by atoms with E-state index in [0.29, 0.717) is 38.9 Å². The molecule has 0 unspecified atom stereocenters. The number of ether oxygens (including phenoxy) is 3. The highest BCUT2D eigenvalue weighted by Gasteiger charge is 2.22. The van der Waals surface area contributed by atoms with E-state index in [0.717, 1.165) is 16.0 Å². The number of aryl methyl sites for hydroxylation is 1. The second-order valence-corrected chi connectivity index (χ2v) is 10.5. The summed E-state index contributed by atoms with van der Waals surface area (Å²) >= 11 is 2.58. The van der Waals surface area contributed by atoms with Crippen molar-refractivity contribution >= 4 is 51.6 Å². The maximum atomic E-state index is 12.8. The molecule has 10 heteroatoms. The summed E-state index contributed by atoms with van der Waals surface area (Å²) in [6, 6.07) is 19.9. The van der Waals surface area contributed by atoms with E-state index in [1.807, 2.05) is 42.6 Å². The minimum absolute atomic E-state index is 0.103. The third-order valence-corrected chi connectivity index (χ3v) is 7.79. The van der Waals surface area contributed by atoms with Crippen molar-refractivity contribution in [3.05, 3.63) is 88.8 Å². The van der Waals surface area contributed by atoms with Crippen LogP contribution in [0.1, 0.15) is 26.3 Å². The molecule has 0 fully saturated rings. The van der Waals surface area contributed by atoms with Gasteiger partial charge in [-0.3, -0.25) is 9.59 Å². The van der Waals surface area contributed by atoms with Crippen LogP contribution in [0.4, 0.5) is 10.7 Å². The van der Waals surface area contributed by atoms with E-state index in [9.17, 15) is 14.4 Å². The van der Waals surface area contributed by atoms with Crippen LogP contribution < -0.4 is 20.1 Å². The number of thiophene rings is 1. The lowest BCUT2D eigenvalue weighted by molar-refractivity contribution is -0.113. The molecular formula is C30H28N2O6S2. The highest BCUT2D eigenvalue weighted by molar-refractivity contribution is 8.00. The van der Waals surface area contributed by atoms with Gasteiger partial charge in [-0.05, 0) is 48.9 Å². The zero-order valence-electron chi connectivity index (χ0n) is 22.4. The normalized spacial score (nSPS) is 10.5. The van der Waals surface area contributed by atoms with Crippen molar-refractivity contribution in [3.63, 3.8) is 0 Å². The summed E-state index contributed by atoms with van der Waals surface area (Å²) in [5, 5.41) is 7.99. The van der Waals surface area contributed by atoms with Gasteiger partial charge in [0.2, 0.25) is 5.91 Å². The van der Waals surface area contributed by atoms with Crippen LogP contribution in [-0.2, 0) is 9.53 Å². The lowest BCUT2D eigenvalue weighted by atomic mass is 10.0. The Morgan fingerprint density at radius 3 is 2.33 bits per heavy atom. The Labute approximate surface area is 240 Å². The molecular weight excluding hydrogens is 548 g/mol. The van der Waals surface area contributed by atoms with Gasteiger partial charge in [-0.1, -0.05) is 35.9 Å². The first-order valence-corrected chi connectivity index (χ1v) is 14.0. The molecule has 0 radical (unpaired) electrons. The van der Waals surface area contributed by atoms with Crippen LogP contribution in [0.15, 0.2) is 77.0 Å². The lowest BCUT2D eigenvalue weighted by Crippen LogP contribution is -2.16. The summed E-state index contributed by atoms with van der Waals surface area (Å²) in [5.41, 5.74) is 4.00. The number of esters is 1. The molecule has 0 saturated heterocycles. The molecule has 0 aliphatic rings. The number of anilines is 2. The Hall–Kier alpha value is -4.28. The van der Waals surface area contributed by atoms with Gasteiger partial charge in [0.1, 0.15) is 10.6 Å². The first-order valence-electron chi connectivity index (χ1n) is 12.2. The molecule has 206 valence electrons. The molecule has 0 saturated carbocycles. The van der Waals surface area contributed by atoms with Gasteiger partial charge in [0, 0.05) is 27.1 Å². The quantitative estimate of drug-likeness (QED) is 0.164. The fourth-order valence-electron chi connectivity index (χ4n) is 3.86. The molecule has 1 aromatic heterocycles. The van der Waals surface area contributed by atoms with Crippen LogP contribution in [-0.4, -0.2) is 44.9 Å². The van der Waals surface area contributed by atoms with E-state index < -0.39 is 5.97 Å². The zero-order valence-corrected chi connectivity index (χ0v) is 24.0. The van der Waals surface area contributed by atoms with Gasteiger partial charge >= 0.3 is 5.97 Å². The van der Waals surface area contributed by atoms with Crippen LogP contribution in [0, 0.1) is 6.92 Å². The second kappa shape index (κ2) is 13.2. The molecule has 3 aromatic carbocycles. The Kier molecular flexibility index (Phi) is 9.47. The van der Waals surface area contributed by atoms with Crippen LogP contribution in [0.5, 0.6) is 11.5 Å². The predicted octanol–water partition coefficient (Wildman–Crippen LogP) is 6.51.